The number of nitrogens with one attached hydrogen (secondary N) is 1. The number of fused-ring (bicyclic) bond motifs is 1. The zero-order valence-corrected chi connectivity index (χ0v) is 12.1. The first-order chi connectivity index (χ1) is 8.24. The van der Waals surface area contributed by atoms with Gasteiger partial charge in [0.2, 0.25) is 0 Å². The Bertz CT molecular complexity index is 380. The molecule has 1 aliphatic heterocycles. The molecule has 0 spiro atoms. The summed E-state index contributed by atoms with van der Waals surface area (Å²) in [6.45, 7) is 5.62. The molecule has 1 heterocycles. The summed E-state index contributed by atoms with van der Waals surface area (Å²) < 4.78 is 0. The third-order valence-electron chi connectivity index (χ3n) is 3.30. The van der Waals surface area contributed by atoms with E-state index in [-0.39, 0.29) is 0 Å². The smallest absolute Gasteiger partial charge is 0.0449 e. The van der Waals surface area contributed by atoms with E-state index in [2.05, 4.69) is 31.3 Å². The van der Waals surface area contributed by atoms with Gasteiger partial charge in [-0.1, -0.05) is 37.6 Å². The van der Waals surface area contributed by atoms with Gasteiger partial charge in [-0.2, -0.15) is 11.8 Å². The fraction of sp³-hybridized carbons (Fsp3) is 0.571. The minimum Gasteiger partial charge on any atom is -0.310 e. The molecule has 0 fully saturated rings. The minimum atomic E-state index is 0.457. The van der Waals surface area contributed by atoms with Gasteiger partial charge < -0.3 is 5.32 Å². The van der Waals surface area contributed by atoms with Gasteiger partial charge in [-0.3, -0.25) is 0 Å². The summed E-state index contributed by atoms with van der Waals surface area (Å²) in [4.78, 5) is 0. The number of hydrogen-bond acceptors (Lipinski definition) is 2. The van der Waals surface area contributed by atoms with Crippen molar-refractivity contribution in [2.45, 2.75) is 32.1 Å². The lowest BCUT2D eigenvalue weighted by molar-refractivity contribution is 0.419. The van der Waals surface area contributed by atoms with Crippen LogP contribution in [0.5, 0.6) is 0 Å². The van der Waals surface area contributed by atoms with Crippen molar-refractivity contribution in [3.63, 3.8) is 0 Å². The summed E-state index contributed by atoms with van der Waals surface area (Å²) >= 11 is 8.31. The lowest BCUT2D eigenvalue weighted by Crippen LogP contribution is -2.28. The van der Waals surface area contributed by atoms with Gasteiger partial charge >= 0.3 is 0 Å². The molecule has 0 aromatic heterocycles. The zero-order chi connectivity index (χ0) is 12.3. The van der Waals surface area contributed by atoms with Gasteiger partial charge in [-0.05, 0) is 41.8 Å². The first-order valence-electron chi connectivity index (χ1n) is 6.32. The van der Waals surface area contributed by atoms with E-state index in [0.717, 1.165) is 17.3 Å². The van der Waals surface area contributed by atoms with Crippen LogP contribution in [-0.4, -0.2) is 12.3 Å². The minimum absolute atomic E-state index is 0.457. The molecule has 0 saturated heterocycles. The molecule has 0 amide bonds. The molecule has 1 aromatic carbocycles. The summed E-state index contributed by atoms with van der Waals surface area (Å²) in [5, 5.41) is 4.60. The molecule has 0 bridgehead atoms. The lowest BCUT2D eigenvalue weighted by Gasteiger charge is -2.24. The highest BCUT2D eigenvalue weighted by Gasteiger charge is 2.25. The SMILES string of the molecule is CCCNC1c2cccc(Cl)c2CSCC1C. The molecule has 94 valence electrons. The Balaban J connectivity index is 2.33. The zero-order valence-electron chi connectivity index (χ0n) is 10.5. The highest BCUT2D eigenvalue weighted by Crippen LogP contribution is 2.37. The molecular weight excluding hydrogens is 250 g/mol. The Labute approximate surface area is 113 Å². The monoisotopic (exact) mass is 269 g/mol. The highest BCUT2D eigenvalue weighted by molar-refractivity contribution is 7.98. The van der Waals surface area contributed by atoms with Crippen LogP contribution in [0, 0.1) is 5.92 Å². The van der Waals surface area contributed by atoms with Crippen LogP contribution in [0.25, 0.3) is 0 Å². The first-order valence-corrected chi connectivity index (χ1v) is 7.85. The number of halogens is 1. The molecule has 0 saturated carbocycles. The van der Waals surface area contributed by atoms with Crippen LogP contribution in [0.1, 0.15) is 37.4 Å². The van der Waals surface area contributed by atoms with E-state index in [1.807, 2.05) is 17.8 Å². The van der Waals surface area contributed by atoms with Gasteiger partial charge in [0.05, 0.1) is 0 Å². The summed E-state index contributed by atoms with van der Waals surface area (Å²) in [5.74, 6) is 2.90. The van der Waals surface area contributed by atoms with E-state index in [1.165, 1.54) is 23.3 Å². The fourth-order valence-corrected chi connectivity index (χ4v) is 3.92. The normalized spacial score (nSPS) is 24.2. The predicted molar refractivity (Wildman–Crippen MR) is 77.8 cm³/mol. The second kappa shape index (κ2) is 6.12. The van der Waals surface area contributed by atoms with E-state index in [1.54, 1.807) is 0 Å². The standard InChI is InChI=1S/C14H20ClNS/c1-3-7-16-14-10(2)8-17-9-12-11(14)5-4-6-13(12)15/h4-6,10,14,16H,3,7-9H2,1-2H3. The molecule has 1 nitrogen and oxygen atoms in total. The first kappa shape index (κ1) is 13.3. The number of rotatable bonds is 3. The van der Waals surface area contributed by atoms with Gasteiger partial charge in [0.15, 0.2) is 0 Å². The number of hydrogen-bond donors (Lipinski definition) is 1. The van der Waals surface area contributed by atoms with Gasteiger partial charge in [-0.15, -0.1) is 0 Å². The van der Waals surface area contributed by atoms with E-state index < -0.39 is 0 Å². The Morgan fingerprint density at radius 2 is 2.29 bits per heavy atom. The van der Waals surface area contributed by atoms with E-state index in [4.69, 9.17) is 11.6 Å². The van der Waals surface area contributed by atoms with E-state index in [0.29, 0.717) is 12.0 Å². The maximum absolute atomic E-state index is 6.32. The van der Waals surface area contributed by atoms with Crippen molar-refractivity contribution in [3.8, 4) is 0 Å². The Kier molecular flexibility index (Phi) is 4.78. The molecule has 1 aromatic rings. The van der Waals surface area contributed by atoms with Crippen molar-refractivity contribution in [2.75, 3.05) is 12.3 Å². The van der Waals surface area contributed by atoms with Crippen molar-refractivity contribution in [1.29, 1.82) is 0 Å². The molecule has 0 aliphatic carbocycles. The molecule has 1 aliphatic rings. The maximum atomic E-state index is 6.32. The maximum Gasteiger partial charge on any atom is 0.0449 e. The lowest BCUT2D eigenvalue weighted by atomic mass is 9.92. The second-order valence-corrected chi connectivity index (χ2v) is 6.17. The molecule has 2 rings (SSSR count). The second-order valence-electron chi connectivity index (χ2n) is 4.73. The molecule has 2 unspecified atom stereocenters. The van der Waals surface area contributed by atoms with Crippen molar-refractivity contribution in [2.24, 2.45) is 5.92 Å². The van der Waals surface area contributed by atoms with Crippen molar-refractivity contribution < 1.29 is 0 Å². The molecule has 3 heteroatoms. The topological polar surface area (TPSA) is 12.0 Å². The number of thioether (sulfide) groups is 1. The van der Waals surface area contributed by atoms with E-state index in [9.17, 15) is 0 Å². The fourth-order valence-electron chi connectivity index (χ4n) is 2.38. The van der Waals surface area contributed by atoms with Gasteiger partial charge in [0, 0.05) is 16.8 Å². The van der Waals surface area contributed by atoms with Crippen LogP contribution in [0.3, 0.4) is 0 Å². The highest BCUT2D eigenvalue weighted by atomic mass is 35.5. The predicted octanol–water partition coefficient (Wildman–Crippen LogP) is 4.26. The van der Waals surface area contributed by atoms with Crippen LogP contribution >= 0.6 is 23.4 Å². The van der Waals surface area contributed by atoms with Crippen LogP contribution < -0.4 is 5.32 Å². The largest absolute Gasteiger partial charge is 0.310 e. The Morgan fingerprint density at radius 1 is 1.47 bits per heavy atom. The van der Waals surface area contributed by atoms with E-state index >= 15 is 0 Å². The average molecular weight is 270 g/mol. The quantitative estimate of drug-likeness (QED) is 0.880. The third kappa shape index (κ3) is 2.98. The average Bonchev–Trinajstić information content (AvgIpc) is 2.47. The Hall–Kier alpha value is -0.180. The summed E-state index contributed by atoms with van der Waals surface area (Å²) in [7, 11) is 0. The van der Waals surface area contributed by atoms with Gasteiger partial charge in [0.25, 0.3) is 0 Å². The van der Waals surface area contributed by atoms with Crippen LogP contribution in [-0.2, 0) is 5.75 Å². The van der Waals surface area contributed by atoms with Crippen LogP contribution in [0.4, 0.5) is 0 Å². The third-order valence-corrected chi connectivity index (χ3v) is 4.91. The summed E-state index contributed by atoms with van der Waals surface area (Å²) in [6.07, 6.45) is 1.17. The van der Waals surface area contributed by atoms with Gasteiger partial charge in [0.1, 0.15) is 0 Å². The molecular formula is C14H20ClNS. The van der Waals surface area contributed by atoms with Crippen LogP contribution in [0.15, 0.2) is 18.2 Å². The number of benzene rings is 1. The molecule has 0 radical (unpaired) electrons. The molecule has 1 N–H and O–H groups in total. The Morgan fingerprint density at radius 3 is 3.06 bits per heavy atom. The molecule has 17 heavy (non-hydrogen) atoms. The van der Waals surface area contributed by atoms with Crippen molar-refractivity contribution >= 4 is 23.4 Å². The molecule has 2 atom stereocenters. The summed E-state index contributed by atoms with van der Waals surface area (Å²) in [5.41, 5.74) is 2.74. The van der Waals surface area contributed by atoms with Crippen molar-refractivity contribution in [1.82, 2.24) is 5.32 Å². The van der Waals surface area contributed by atoms with Gasteiger partial charge in [-0.25, -0.2) is 0 Å². The van der Waals surface area contributed by atoms with Crippen LogP contribution in [0.2, 0.25) is 5.02 Å². The van der Waals surface area contributed by atoms with Crippen molar-refractivity contribution in [3.05, 3.63) is 34.3 Å². The summed E-state index contributed by atoms with van der Waals surface area (Å²) in [6, 6.07) is 6.77.